The first-order chi connectivity index (χ1) is 29.2. The van der Waals surface area contributed by atoms with E-state index >= 15 is 0 Å². The topological polar surface area (TPSA) is 19.0 Å². The third-order valence-electron chi connectivity index (χ3n) is 10.6. The minimum absolute atomic E-state index is 0.822. The lowest BCUT2D eigenvalue weighted by Crippen LogP contribution is -2.10. The number of nitrogens with zero attached hydrogens (tertiary/aromatic N) is 3. The molecule has 0 aliphatic heterocycles. The van der Waals surface area contributed by atoms with Crippen LogP contribution in [0.2, 0.25) is 0 Å². The fourth-order valence-corrected chi connectivity index (χ4v) is 7.59. The minimum atomic E-state index is 0.822. The van der Waals surface area contributed by atoms with Crippen molar-refractivity contribution in [3.8, 4) is 28.0 Å². The fraction of sp³-hybridized carbons (Fsp3) is 0.0182. The van der Waals surface area contributed by atoms with Gasteiger partial charge in [0.05, 0.1) is 7.11 Å². The number of benzene rings is 9. The molecule has 4 heteroatoms. The van der Waals surface area contributed by atoms with Crippen LogP contribution in [0.5, 0.6) is 5.75 Å². The Balaban J connectivity index is 0.987. The van der Waals surface area contributed by atoms with Crippen molar-refractivity contribution in [2.75, 3.05) is 21.8 Å². The number of hydrogen-bond acceptors (Lipinski definition) is 4. The number of ether oxygens (including phenoxy) is 1. The standard InChI is InChI=1S/C55H43N3O/c1-59-55-40-38-54(39-41-55)58(52-34-26-44(27-35-52)42-22-30-50(31-23-42)56(46-14-6-2-7-15-46)47-16-8-3-9-17-47)53-36-28-45(29-37-53)43-24-32-51(33-25-43)57(48-18-10-4-11-19-48)49-20-12-5-13-21-49/h2-41H,1H3. The van der Waals surface area contributed by atoms with Crippen molar-refractivity contribution in [1.82, 2.24) is 0 Å². The summed E-state index contributed by atoms with van der Waals surface area (Å²) < 4.78 is 5.51. The van der Waals surface area contributed by atoms with Gasteiger partial charge in [0.1, 0.15) is 5.75 Å². The van der Waals surface area contributed by atoms with E-state index in [1.807, 2.05) is 12.1 Å². The van der Waals surface area contributed by atoms with Crippen molar-refractivity contribution in [2.24, 2.45) is 0 Å². The SMILES string of the molecule is COc1ccc(N(c2ccc(-c3ccc(N(c4ccccc4)c4ccccc4)cc3)cc2)c2ccc(-c3ccc(N(c4ccccc4)c4ccccc4)cc3)cc2)cc1. The van der Waals surface area contributed by atoms with Crippen molar-refractivity contribution in [1.29, 1.82) is 0 Å². The Kier molecular flexibility index (Phi) is 10.7. The maximum absolute atomic E-state index is 5.51. The van der Waals surface area contributed by atoms with Crippen LogP contribution in [-0.4, -0.2) is 7.11 Å². The van der Waals surface area contributed by atoms with Crippen molar-refractivity contribution in [3.63, 3.8) is 0 Å². The predicted octanol–water partition coefficient (Wildman–Crippen LogP) is 15.4. The second kappa shape index (κ2) is 17.1. The van der Waals surface area contributed by atoms with Crippen LogP contribution in [0.4, 0.5) is 51.2 Å². The fourth-order valence-electron chi connectivity index (χ4n) is 7.59. The molecule has 0 spiro atoms. The van der Waals surface area contributed by atoms with Gasteiger partial charge in [0.2, 0.25) is 0 Å². The van der Waals surface area contributed by atoms with Crippen LogP contribution in [0, 0.1) is 0 Å². The highest BCUT2D eigenvalue weighted by atomic mass is 16.5. The van der Waals surface area contributed by atoms with Crippen molar-refractivity contribution < 1.29 is 4.74 Å². The molecule has 9 aromatic rings. The van der Waals surface area contributed by atoms with Gasteiger partial charge in [-0.2, -0.15) is 0 Å². The minimum Gasteiger partial charge on any atom is -0.497 e. The maximum atomic E-state index is 5.51. The Morgan fingerprint density at radius 3 is 0.610 bits per heavy atom. The summed E-state index contributed by atoms with van der Waals surface area (Å²) in [5.41, 5.74) is 14.5. The Bertz CT molecular complexity index is 2440. The van der Waals surface area contributed by atoms with Crippen molar-refractivity contribution in [2.45, 2.75) is 0 Å². The molecule has 0 aliphatic carbocycles. The molecular weight excluding hydrogens is 719 g/mol. The quantitative estimate of drug-likeness (QED) is 0.123. The number of rotatable bonds is 12. The summed E-state index contributed by atoms with van der Waals surface area (Å²) in [5, 5.41) is 0. The molecule has 9 aromatic carbocycles. The van der Waals surface area contributed by atoms with Gasteiger partial charge in [-0.05, 0) is 144 Å². The van der Waals surface area contributed by atoms with Gasteiger partial charge in [0.25, 0.3) is 0 Å². The van der Waals surface area contributed by atoms with E-state index in [-0.39, 0.29) is 0 Å². The number of methoxy groups -OCH3 is 1. The first kappa shape index (κ1) is 36.8. The van der Waals surface area contributed by atoms with Gasteiger partial charge in [-0.25, -0.2) is 0 Å². The zero-order valence-corrected chi connectivity index (χ0v) is 32.8. The maximum Gasteiger partial charge on any atom is 0.119 e. The molecular formula is C55H43N3O. The third kappa shape index (κ3) is 8.06. The lowest BCUT2D eigenvalue weighted by atomic mass is 10.0. The van der Waals surface area contributed by atoms with Crippen LogP contribution in [0.15, 0.2) is 243 Å². The van der Waals surface area contributed by atoms with Crippen LogP contribution in [-0.2, 0) is 0 Å². The van der Waals surface area contributed by atoms with E-state index in [0.717, 1.165) is 79.2 Å². The van der Waals surface area contributed by atoms with E-state index in [4.69, 9.17) is 4.74 Å². The van der Waals surface area contributed by atoms with Gasteiger partial charge in [-0.15, -0.1) is 0 Å². The van der Waals surface area contributed by atoms with Crippen molar-refractivity contribution >= 4 is 51.2 Å². The van der Waals surface area contributed by atoms with E-state index in [1.165, 1.54) is 0 Å². The smallest absolute Gasteiger partial charge is 0.119 e. The van der Waals surface area contributed by atoms with Crippen LogP contribution in [0.25, 0.3) is 22.3 Å². The van der Waals surface area contributed by atoms with Gasteiger partial charge < -0.3 is 19.4 Å². The average molecular weight is 762 g/mol. The van der Waals surface area contributed by atoms with Gasteiger partial charge in [0, 0.05) is 51.2 Å². The molecule has 0 aromatic heterocycles. The zero-order valence-electron chi connectivity index (χ0n) is 32.8. The summed E-state index contributed by atoms with van der Waals surface area (Å²) in [4.78, 5) is 6.85. The van der Waals surface area contributed by atoms with E-state index < -0.39 is 0 Å². The zero-order chi connectivity index (χ0) is 39.8. The molecule has 0 bridgehead atoms. The van der Waals surface area contributed by atoms with E-state index in [2.05, 4.69) is 245 Å². The molecule has 59 heavy (non-hydrogen) atoms. The first-order valence-electron chi connectivity index (χ1n) is 19.9. The number of anilines is 9. The second-order valence-electron chi connectivity index (χ2n) is 14.2. The summed E-state index contributed by atoms with van der Waals surface area (Å²) in [6.45, 7) is 0. The molecule has 0 fully saturated rings. The molecule has 9 rings (SSSR count). The monoisotopic (exact) mass is 761 g/mol. The summed E-state index contributed by atoms with van der Waals surface area (Å²) in [5.74, 6) is 0.822. The Morgan fingerprint density at radius 1 is 0.220 bits per heavy atom. The lowest BCUT2D eigenvalue weighted by Gasteiger charge is -2.26. The molecule has 0 aliphatic rings. The van der Waals surface area contributed by atoms with E-state index in [9.17, 15) is 0 Å². The molecule has 0 atom stereocenters. The van der Waals surface area contributed by atoms with E-state index in [0.29, 0.717) is 0 Å². The van der Waals surface area contributed by atoms with E-state index in [1.54, 1.807) is 7.11 Å². The summed E-state index contributed by atoms with van der Waals surface area (Å²) in [6, 6.07) is 85.5. The largest absolute Gasteiger partial charge is 0.497 e. The van der Waals surface area contributed by atoms with Crippen molar-refractivity contribution in [3.05, 3.63) is 243 Å². The van der Waals surface area contributed by atoms with Crippen LogP contribution >= 0.6 is 0 Å². The Labute approximate surface area is 347 Å². The van der Waals surface area contributed by atoms with Crippen LogP contribution in [0.3, 0.4) is 0 Å². The third-order valence-corrected chi connectivity index (χ3v) is 10.6. The molecule has 0 amide bonds. The molecule has 0 N–H and O–H groups in total. The average Bonchev–Trinajstić information content (AvgIpc) is 3.32. The molecule has 0 radical (unpaired) electrons. The Morgan fingerprint density at radius 2 is 0.407 bits per heavy atom. The first-order valence-corrected chi connectivity index (χ1v) is 19.9. The van der Waals surface area contributed by atoms with Gasteiger partial charge >= 0.3 is 0 Å². The molecule has 0 saturated heterocycles. The molecule has 0 saturated carbocycles. The normalized spacial score (nSPS) is 10.8. The van der Waals surface area contributed by atoms with Gasteiger partial charge in [-0.3, -0.25) is 0 Å². The number of hydrogen-bond donors (Lipinski definition) is 0. The number of para-hydroxylation sites is 4. The lowest BCUT2D eigenvalue weighted by molar-refractivity contribution is 0.415. The summed E-state index contributed by atoms with van der Waals surface area (Å²) in [7, 11) is 1.70. The molecule has 0 heterocycles. The van der Waals surface area contributed by atoms with Gasteiger partial charge in [0.15, 0.2) is 0 Å². The summed E-state index contributed by atoms with van der Waals surface area (Å²) >= 11 is 0. The molecule has 0 unspecified atom stereocenters. The highest BCUT2D eigenvalue weighted by Crippen LogP contribution is 2.40. The van der Waals surface area contributed by atoms with Crippen LogP contribution < -0.4 is 19.4 Å². The van der Waals surface area contributed by atoms with Gasteiger partial charge in [-0.1, -0.05) is 121 Å². The Hall–Kier alpha value is -7.82. The molecule has 284 valence electrons. The molecule has 4 nitrogen and oxygen atoms in total. The summed E-state index contributed by atoms with van der Waals surface area (Å²) in [6.07, 6.45) is 0. The highest BCUT2D eigenvalue weighted by molar-refractivity contribution is 5.83. The highest BCUT2D eigenvalue weighted by Gasteiger charge is 2.16. The predicted molar refractivity (Wildman–Crippen MR) is 248 cm³/mol. The second-order valence-corrected chi connectivity index (χ2v) is 14.2. The van der Waals surface area contributed by atoms with Crippen LogP contribution in [0.1, 0.15) is 0 Å².